The zero-order chi connectivity index (χ0) is 8.97. The molecule has 12 heavy (non-hydrogen) atoms. The number of ether oxygens (including phenoxy) is 1. The molecule has 0 atom stereocenters. The maximum Gasteiger partial charge on any atom is 0.320 e. The standard InChI is InChI=1S/C8H13NO3/c1-7(10)5-9-3-2-4-12-8(11)6-9/h2-6H2,1H3. The summed E-state index contributed by atoms with van der Waals surface area (Å²) in [7, 11) is 0. The summed E-state index contributed by atoms with van der Waals surface area (Å²) in [5.41, 5.74) is 0. The minimum Gasteiger partial charge on any atom is -0.465 e. The number of ketones is 1. The SMILES string of the molecule is CC(=O)CN1CCCOC(=O)C1. The molecule has 0 aromatic carbocycles. The highest BCUT2D eigenvalue weighted by Gasteiger charge is 2.16. The lowest BCUT2D eigenvalue weighted by Crippen LogP contribution is -2.32. The van der Waals surface area contributed by atoms with Gasteiger partial charge in [0.2, 0.25) is 0 Å². The molecular formula is C8H13NO3. The molecule has 0 aromatic heterocycles. The Bertz CT molecular complexity index is 191. The summed E-state index contributed by atoms with van der Waals surface area (Å²) in [6.07, 6.45) is 0.818. The lowest BCUT2D eigenvalue weighted by Gasteiger charge is -2.14. The van der Waals surface area contributed by atoms with E-state index in [2.05, 4.69) is 0 Å². The van der Waals surface area contributed by atoms with Crippen molar-refractivity contribution in [2.75, 3.05) is 26.2 Å². The number of esters is 1. The Morgan fingerprint density at radius 1 is 1.67 bits per heavy atom. The van der Waals surface area contributed by atoms with Crippen molar-refractivity contribution >= 4 is 11.8 Å². The summed E-state index contributed by atoms with van der Waals surface area (Å²) in [6.45, 7) is 3.38. The molecule has 1 saturated heterocycles. The van der Waals surface area contributed by atoms with Crippen LogP contribution in [0.4, 0.5) is 0 Å². The first-order valence-electron chi connectivity index (χ1n) is 4.06. The molecule has 68 valence electrons. The van der Waals surface area contributed by atoms with Crippen LogP contribution < -0.4 is 0 Å². The lowest BCUT2D eigenvalue weighted by molar-refractivity contribution is -0.143. The first-order valence-corrected chi connectivity index (χ1v) is 4.06. The fourth-order valence-corrected chi connectivity index (χ4v) is 1.23. The van der Waals surface area contributed by atoms with Crippen molar-refractivity contribution in [1.29, 1.82) is 0 Å². The molecule has 0 unspecified atom stereocenters. The van der Waals surface area contributed by atoms with Gasteiger partial charge in [0.05, 0.1) is 19.7 Å². The predicted octanol–water partition coefficient (Wildman–Crippen LogP) is -0.176. The van der Waals surface area contributed by atoms with Crippen LogP contribution in [0, 0.1) is 0 Å². The molecule has 1 aliphatic rings. The maximum atomic E-state index is 10.9. The Labute approximate surface area is 71.5 Å². The number of carbonyl (C=O) groups excluding carboxylic acids is 2. The van der Waals surface area contributed by atoms with Crippen molar-refractivity contribution in [3.05, 3.63) is 0 Å². The third-order valence-corrected chi connectivity index (χ3v) is 1.68. The summed E-state index contributed by atoms with van der Waals surface area (Å²) in [5.74, 6) is -0.140. The van der Waals surface area contributed by atoms with E-state index in [1.807, 2.05) is 4.90 Å². The van der Waals surface area contributed by atoms with Crippen molar-refractivity contribution in [3.8, 4) is 0 Å². The average molecular weight is 171 g/mol. The van der Waals surface area contributed by atoms with Crippen LogP contribution in [0.2, 0.25) is 0 Å². The fourth-order valence-electron chi connectivity index (χ4n) is 1.23. The number of hydrogen-bond donors (Lipinski definition) is 0. The molecule has 4 heteroatoms. The van der Waals surface area contributed by atoms with Crippen LogP contribution in [0.3, 0.4) is 0 Å². The largest absolute Gasteiger partial charge is 0.465 e. The Balaban J connectivity index is 2.41. The van der Waals surface area contributed by atoms with E-state index in [1.165, 1.54) is 6.92 Å². The van der Waals surface area contributed by atoms with Gasteiger partial charge in [0.25, 0.3) is 0 Å². The molecule has 0 spiro atoms. The zero-order valence-electron chi connectivity index (χ0n) is 7.21. The molecule has 0 amide bonds. The number of rotatable bonds is 2. The molecular weight excluding hydrogens is 158 g/mol. The maximum absolute atomic E-state index is 10.9. The van der Waals surface area contributed by atoms with Gasteiger partial charge in [0.1, 0.15) is 5.78 Å². The normalized spacial score (nSPS) is 19.9. The second-order valence-electron chi connectivity index (χ2n) is 2.99. The summed E-state index contributed by atoms with van der Waals surface area (Å²) < 4.78 is 4.82. The minimum atomic E-state index is -0.228. The van der Waals surface area contributed by atoms with Gasteiger partial charge in [-0.05, 0) is 13.3 Å². The van der Waals surface area contributed by atoms with E-state index >= 15 is 0 Å². The Morgan fingerprint density at radius 2 is 2.42 bits per heavy atom. The summed E-state index contributed by atoms with van der Waals surface area (Å²) in [4.78, 5) is 23.5. The molecule has 0 N–H and O–H groups in total. The number of Topliss-reactive ketones (excluding diaryl/α,β-unsaturated/α-hetero) is 1. The van der Waals surface area contributed by atoms with Crippen molar-refractivity contribution in [2.24, 2.45) is 0 Å². The van der Waals surface area contributed by atoms with Crippen molar-refractivity contribution < 1.29 is 14.3 Å². The van der Waals surface area contributed by atoms with E-state index in [-0.39, 0.29) is 18.3 Å². The predicted molar refractivity (Wildman–Crippen MR) is 42.7 cm³/mol. The molecule has 1 aliphatic heterocycles. The van der Waals surface area contributed by atoms with Crippen molar-refractivity contribution in [1.82, 2.24) is 4.90 Å². The molecule has 1 fully saturated rings. The van der Waals surface area contributed by atoms with Gasteiger partial charge in [-0.2, -0.15) is 0 Å². The second kappa shape index (κ2) is 4.21. The topological polar surface area (TPSA) is 46.6 Å². The van der Waals surface area contributed by atoms with E-state index in [0.717, 1.165) is 13.0 Å². The van der Waals surface area contributed by atoms with Crippen LogP contribution in [0.15, 0.2) is 0 Å². The van der Waals surface area contributed by atoms with Crippen LogP contribution >= 0.6 is 0 Å². The first kappa shape index (κ1) is 9.19. The number of carbonyl (C=O) groups is 2. The van der Waals surface area contributed by atoms with Crippen LogP contribution in [-0.2, 0) is 14.3 Å². The van der Waals surface area contributed by atoms with Crippen molar-refractivity contribution in [3.63, 3.8) is 0 Å². The Hall–Kier alpha value is -0.900. The molecule has 0 aromatic rings. The van der Waals surface area contributed by atoms with Crippen LogP contribution in [0.1, 0.15) is 13.3 Å². The summed E-state index contributed by atoms with van der Waals surface area (Å²) in [6, 6.07) is 0. The monoisotopic (exact) mass is 171 g/mol. The van der Waals surface area contributed by atoms with E-state index in [4.69, 9.17) is 4.74 Å². The van der Waals surface area contributed by atoms with Gasteiger partial charge >= 0.3 is 5.97 Å². The molecule has 1 rings (SSSR count). The van der Waals surface area contributed by atoms with E-state index in [9.17, 15) is 9.59 Å². The number of nitrogens with zero attached hydrogens (tertiary/aromatic N) is 1. The third-order valence-electron chi connectivity index (χ3n) is 1.68. The number of cyclic esters (lactones) is 1. The second-order valence-corrected chi connectivity index (χ2v) is 2.99. The van der Waals surface area contributed by atoms with Gasteiger partial charge in [-0.25, -0.2) is 0 Å². The quantitative estimate of drug-likeness (QED) is 0.541. The van der Waals surface area contributed by atoms with E-state index in [0.29, 0.717) is 13.2 Å². The van der Waals surface area contributed by atoms with E-state index in [1.54, 1.807) is 0 Å². The Morgan fingerprint density at radius 3 is 3.08 bits per heavy atom. The lowest BCUT2D eigenvalue weighted by atomic mass is 10.3. The fraction of sp³-hybridized carbons (Fsp3) is 0.750. The highest BCUT2D eigenvalue weighted by atomic mass is 16.5. The summed E-state index contributed by atoms with van der Waals surface area (Å²) >= 11 is 0. The highest BCUT2D eigenvalue weighted by molar-refractivity contribution is 5.79. The van der Waals surface area contributed by atoms with Gasteiger partial charge in [-0.3, -0.25) is 14.5 Å². The van der Waals surface area contributed by atoms with Crippen LogP contribution in [-0.4, -0.2) is 42.9 Å². The van der Waals surface area contributed by atoms with Gasteiger partial charge in [-0.15, -0.1) is 0 Å². The molecule has 4 nitrogen and oxygen atoms in total. The van der Waals surface area contributed by atoms with E-state index < -0.39 is 0 Å². The smallest absolute Gasteiger partial charge is 0.320 e. The van der Waals surface area contributed by atoms with Gasteiger partial charge < -0.3 is 4.74 Å². The van der Waals surface area contributed by atoms with Crippen molar-refractivity contribution in [2.45, 2.75) is 13.3 Å². The highest BCUT2D eigenvalue weighted by Crippen LogP contribution is 1.99. The Kier molecular flexibility index (Phi) is 3.22. The van der Waals surface area contributed by atoms with Crippen LogP contribution in [0.25, 0.3) is 0 Å². The average Bonchev–Trinajstić information content (AvgIpc) is 2.12. The molecule has 0 aliphatic carbocycles. The van der Waals surface area contributed by atoms with Gasteiger partial charge in [-0.1, -0.05) is 0 Å². The van der Waals surface area contributed by atoms with Gasteiger partial charge in [0.15, 0.2) is 0 Å². The molecule has 0 saturated carbocycles. The third kappa shape index (κ3) is 3.00. The first-order chi connectivity index (χ1) is 5.68. The van der Waals surface area contributed by atoms with Gasteiger partial charge in [0, 0.05) is 6.54 Å². The minimum absolute atomic E-state index is 0.0877. The van der Waals surface area contributed by atoms with Crippen LogP contribution in [0.5, 0.6) is 0 Å². The summed E-state index contributed by atoms with van der Waals surface area (Å²) in [5, 5.41) is 0. The zero-order valence-corrected chi connectivity index (χ0v) is 7.21. The molecule has 1 heterocycles. The molecule has 0 radical (unpaired) electrons. The molecule has 0 bridgehead atoms. The number of hydrogen-bond acceptors (Lipinski definition) is 4.